The zero-order valence-electron chi connectivity index (χ0n) is 10.1. The number of carbonyl (C=O) groups excluding carboxylic acids is 2. The van der Waals surface area contributed by atoms with Crippen molar-refractivity contribution >= 4 is 11.8 Å². The van der Waals surface area contributed by atoms with Crippen molar-refractivity contribution in [3.63, 3.8) is 0 Å². The van der Waals surface area contributed by atoms with Crippen LogP contribution in [0.2, 0.25) is 0 Å². The Morgan fingerprint density at radius 1 is 1.24 bits per heavy atom. The summed E-state index contributed by atoms with van der Waals surface area (Å²) in [6.45, 7) is 5.77. The highest BCUT2D eigenvalue weighted by Gasteiger charge is 2.24. The molecule has 0 aromatic carbocycles. The first-order valence-electron chi connectivity index (χ1n) is 5.64. The van der Waals surface area contributed by atoms with E-state index in [4.69, 9.17) is 0 Å². The Hall–Kier alpha value is -1.85. The molecule has 0 radical (unpaired) electrons. The van der Waals surface area contributed by atoms with Gasteiger partial charge in [0.2, 0.25) is 5.91 Å². The van der Waals surface area contributed by atoms with Gasteiger partial charge in [0.1, 0.15) is 5.69 Å². The molecule has 0 aliphatic carbocycles. The molecular formula is C11H16N4O2. The quantitative estimate of drug-likeness (QED) is 0.747. The number of aromatic amines is 1. The standard InChI is InChI=1S/C11H16N4O2/c1-8-7-12-13-10(8)11(17)15-5-3-14(4-6-15)9(2)16/h7H,3-6H2,1-2H3,(H,12,13). The molecule has 6 nitrogen and oxygen atoms in total. The maximum atomic E-state index is 12.1. The normalized spacial score (nSPS) is 16.1. The third-order valence-corrected chi connectivity index (χ3v) is 3.05. The fourth-order valence-electron chi connectivity index (χ4n) is 1.95. The van der Waals surface area contributed by atoms with E-state index in [0.29, 0.717) is 31.9 Å². The third kappa shape index (κ3) is 2.30. The second-order valence-corrected chi connectivity index (χ2v) is 4.23. The van der Waals surface area contributed by atoms with Gasteiger partial charge in [-0.05, 0) is 12.5 Å². The van der Waals surface area contributed by atoms with Gasteiger partial charge in [-0.1, -0.05) is 0 Å². The minimum atomic E-state index is -0.0387. The van der Waals surface area contributed by atoms with E-state index in [0.717, 1.165) is 5.56 Å². The third-order valence-electron chi connectivity index (χ3n) is 3.05. The summed E-state index contributed by atoms with van der Waals surface area (Å²) in [6.07, 6.45) is 1.64. The monoisotopic (exact) mass is 236 g/mol. The van der Waals surface area contributed by atoms with Gasteiger partial charge in [0.15, 0.2) is 0 Å². The Kier molecular flexibility index (Phi) is 3.12. The zero-order valence-corrected chi connectivity index (χ0v) is 10.1. The van der Waals surface area contributed by atoms with Gasteiger partial charge in [-0.2, -0.15) is 5.10 Å². The Morgan fingerprint density at radius 3 is 2.29 bits per heavy atom. The molecule has 6 heteroatoms. The van der Waals surface area contributed by atoms with E-state index in [2.05, 4.69) is 10.2 Å². The van der Waals surface area contributed by atoms with E-state index in [1.807, 2.05) is 6.92 Å². The van der Waals surface area contributed by atoms with Gasteiger partial charge in [0.25, 0.3) is 5.91 Å². The molecule has 17 heavy (non-hydrogen) atoms. The number of aryl methyl sites for hydroxylation is 1. The number of rotatable bonds is 1. The molecule has 1 aromatic heterocycles. The largest absolute Gasteiger partial charge is 0.339 e. The van der Waals surface area contributed by atoms with Crippen LogP contribution in [0, 0.1) is 6.92 Å². The van der Waals surface area contributed by atoms with Crippen molar-refractivity contribution in [2.75, 3.05) is 26.2 Å². The maximum absolute atomic E-state index is 12.1. The summed E-state index contributed by atoms with van der Waals surface area (Å²) < 4.78 is 0. The lowest BCUT2D eigenvalue weighted by Crippen LogP contribution is -2.50. The number of hydrogen-bond donors (Lipinski definition) is 1. The van der Waals surface area contributed by atoms with E-state index < -0.39 is 0 Å². The van der Waals surface area contributed by atoms with Gasteiger partial charge < -0.3 is 9.80 Å². The molecular weight excluding hydrogens is 220 g/mol. The molecule has 2 amide bonds. The van der Waals surface area contributed by atoms with Gasteiger partial charge >= 0.3 is 0 Å². The molecule has 1 aliphatic heterocycles. The van der Waals surface area contributed by atoms with Crippen LogP contribution in [0.3, 0.4) is 0 Å². The summed E-state index contributed by atoms with van der Waals surface area (Å²) in [4.78, 5) is 26.8. The molecule has 2 rings (SSSR count). The van der Waals surface area contributed by atoms with Gasteiger partial charge in [0.05, 0.1) is 6.20 Å². The van der Waals surface area contributed by atoms with E-state index in [1.165, 1.54) is 0 Å². The lowest BCUT2D eigenvalue weighted by Gasteiger charge is -2.34. The predicted octanol–water partition coefficient (Wildman–Crippen LogP) is 0.0224. The summed E-state index contributed by atoms with van der Waals surface area (Å²) >= 11 is 0. The van der Waals surface area contributed by atoms with E-state index in [9.17, 15) is 9.59 Å². The van der Waals surface area contributed by atoms with Crippen LogP contribution in [0.5, 0.6) is 0 Å². The zero-order chi connectivity index (χ0) is 12.4. The molecule has 1 fully saturated rings. The molecule has 0 unspecified atom stereocenters. The van der Waals surface area contributed by atoms with Gasteiger partial charge in [-0.3, -0.25) is 14.7 Å². The molecule has 1 N–H and O–H groups in total. The number of nitrogens with zero attached hydrogens (tertiary/aromatic N) is 3. The van der Waals surface area contributed by atoms with Crippen molar-refractivity contribution in [3.8, 4) is 0 Å². The van der Waals surface area contributed by atoms with Crippen LogP contribution >= 0.6 is 0 Å². The number of piperazine rings is 1. The smallest absolute Gasteiger partial charge is 0.272 e. The first-order valence-corrected chi connectivity index (χ1v) is 5.64. The topological polar surface area (TPSA) is 69.3 Å². The summed E-state index contributed by atoms with van der Waals surface area (Å²) in [6, 6.07) is 0. The Balaban J connectivity index is 2.00. The number of carbonyl (C=O) groups is 2. The highest BCUT2D eigenvalue weighted by Crippen LogP contribution is 2.10. The van der Waals surface area contributed by atoms with Crippen LogP contribution in [0.4, 0.5) is 0 Å². The lowest BCUT2D eigenvalue weighted by atomic mass is 10.2. The molecule has 1 saturated heterocycles. The number of H-pyrrole nitrogens is 1. The highest BCUT2D eigenvalue weighted by molar-refractivity contribution is 5.93. The summed E-state index contributed by atoms with van der Waals surface area (Å²) in [5, 5.41) is 6.56. The lowest BCUT2D eigenvalue weighted by molar-refractivity contribution is -0.130. The van der Waals surface area contributed by atoms with Crippen LogP contribution in [0.1, 0.15) is 23.0 Å². The number of amides is 2. The molecule has 1 aromatic rings. The maximum Gasteiger partial charge on any atom is 0.272 e. The van der Waals surface area contributed by atoms with Crippen LogP contribution < -0.4 is 0 Å². The summed E-state index contributed by atoms with van der Waals surface area (Å²) in [5.41, 5.74) is 1.39. The molecule has 0 spiro atoms. The van der Waals surface area contributed by atoms with Gasteiger partial charge in [-0.25, -0.2) is 0 Å². The molecule has 2 heterocycles. The van der Waals surface area contributed by atoms with Crippen molar-refractivity contribution in [2.24, 2.45) is 0 Å². The Bertz CT molecular complexity index is 432. The first-order chi connectivity index (χ1) is 8.09. The molecule has 1 aliphatic rings. The van der Waals surface area contributed by atoms with Crippen molar-refractivity contribution in [3.05, 3.63) is 17.5 Å². The molecule has 0 atom stereocenters. The van der Waals surface area contributed by atoms with Gasteiger partial charge in [-0.15, -0.1) is 0 Å². The number of aromatic nitrogens is 2. The van der Waals surface area contributed by atoms with Crippen molar-refractivity contribution in [1.29, 1.82) is 0 Å². The van der Waals surface area contributed by atoms with E-state index in [-0.39, 0.29) is 11.8 Å². The van der Waals surface area contributed by atoms with Gasteiger partial charge in [0, 0.05) is 33.1 Å². The van der Waals surface area contributed by atoms with Crippen LogP contribution in [0.15, 0.2) is 6.20 Å². The van der Waals surface area contributed by atoms with Crippen LogP contribution in [-0.2, 0) is 4.79 Å². The van der Waals surface area contributed by atoms with Crippen LogP contribution in [0.25, 0.3) is 0 Å². The average Bonchev–Trinajstić information content (AvgIpc) is 2.74. The Labute approximate surface area is 99.6 Å². The summed E-state index contributed by atoms with van der Waals surface area (Å²) in [7, 11) is 0. The minimum absolute atomic E-state index is 0.0387. The first kappa shape index (κ1) is 11.6. The fraction of sp³-hybridized carbons (Fsp3) is 0.545. The number of nitrogens with one attached hydrogen (secondary N) is 1. The molecule has 0 bridgehead atoms. The van der Waals surface area contributed by atoms with Crippen molar-refractivity contribution in [2.45, 2.75) is 13.8 Å². The van der Waals surface area contributed by atoms with Crippen molar-refractivity contribution in [1.82, 2.24) is 20.0 Å². The average molecular weight is 236 g/mol. The van der Waals surface area contributed by atoms with Crippen LogP contribution in [-0.4, -0.2) is 58.0 Å². The second-order valence-electron chi connectivity index (χ2n) is 4.23. The SMILES string of the molecule is CC(=O)N1CCN(C(=O)c2[nH]ncc2C)CC1. The van der Waals surface area contributed by atoms with E-state index >= 15 is 0 Å². The second kappa shape index (κ2) is 4.57. The van der Waals surface area contributed by atoms with E-state index in [1.54, 1.807) is 22.9 Å². The predicted molar refractivity (Wildman–Crippen MR) is 61.5 cm³/mol. The fourth-order valence-corrected chi connectivity index (χ4v) is 1.95. The molecule has 92 valence electrons. The number of hydrogen-bond acceptors (Lipinski definition) is 3. The van der Waals surface area contributed by atoms with Crippen molar-refractivity contribution < 1.29 is 9.59 Å². The minimum Gasteiger partial charge on any atom is -0.339 e. The summed E-state index contributed by atoms with van der Waals surface area (Å²) in [5.74, 6) is 0.0259. The highest BCUT2D eigenvalue weighted by atomic mass is 16.2. The Morgan fingerprint density at radius 2 is 1.82 bits per heavy atom. The molecule has 0 saturated carbocycles.